The molecule has 0 radical (unpaired) electrons. The van der Waals surface area contributed by atoms with Gasteiger partial charge in [0.2, 0.25) is 0 Å². The zero-order chi connectivity index (χ0) is 44.4. The normalized spacial score (nSPS) is 15.7. The van der Waals surface area contributed by atoms with Crippen molar-refractivity contribution < 1.29 is 0 Å². The molecule has 6 heteroatoms. The minimum Gasteiger partial charge on any atom is -0.310 e. The molecule has 0 unspecified atom stereocenters. The van der Waals surface area contributed by atoms with Crippen LogP contribution in [0.2, 0.25) is 0 Å². The van der Waals surface area contributed by atoms with E-state index in [0.29, 0.717) is 0 Å². The molecule has 2 aliphatic heterocycles. The summed E-state index contributed by atoms with van der Waals surface area (Å²) in [5.74, 6) is 0.891. The maximum Gasteiger partial charge on any atom is 0.141 e. The fraction of sp³-hybridized carbons (Fsp3) is 0.117. The number of hydrogen-bond donors (Lipinski definition) is 0. The molecular formula is C60H45N5S. The number of nitrogens with zero attached hydrogens (tertiary/aromatic N) is 5. The first-order chi connectivity index (χ1) is 32.2. The highest BCUT2D eigenvalue weighted by atomic mass is 32.1. The van der Waals surface area contributed by atoms with Crippen LogP contribution in [0.4, 0.5) is 28.4 Å². The van der Waals surface area contributed by atoms with Gasteiger partial charge in [-0.2, -0.15) is 0 Å². The third-order valence-electron chi connectivity index (χ3n) is 14.3. The molecule has 0 amide bonds. The maximum atomic E-state index is 5.52. The molecule has 0 bridgehead atoms. The first kappa shape index (κ1) is 38.8. The Kier molecular flexibility index (Phi) is 8.32. The van der Waals surface area contributed by atoms with E-state index in [0.717, 1.165) is 51.2 Å². The number of thiophene rings is 1. The average Bonchev–Trinajstić information content (AvgIpc) is 3.87. The van der Waals surface area contributed by atoms with Crippen LogP contribution in [0.1, 0.15) is 72.5 Å². The van der Waals surface area contributed by atoms with Gasteiger partial charge in [0.1, 0.15) is 17.7 Å². The van der Waals surface area contributed by atoms with E-state index in [1.165, 1.54) is 59.1 Å². The molecule has 0 saturated heterocycles. The van der Waals surface area contributed by atoms with Crippen LogP contribution >= 0.6 is 11.3 Å². The van der Waals surface area contributed by atoms with Gasteiger partial charge in [-0.25, -0.2) is 9.97 Å². The van der Waals surface area contributed by atoms with E-state index >= 15 is 0 Å². The van der Waals surface area contributed by atoms with Gasteiger partial charge in [0.25, 0.3) is 0 Å². The Labute approximate surface area is 389 Å². The third kappa shape index (κ3) is 5.42. The van der Waals surface area contributed by atoms with Crippen molar-refractivity contribution in [2.45, 2.75) is 44.1 Å². The molecule has 0 N–H and O–H groups in total. The van der Waals surface area contributed by atoms with Crippen molar-refractivity contribution in [1.29, 1.82) is 0 Å². The summed E-state index contributed by atoms with van der Waals surface area (Å²) in [7, 11) is 0. The molecule has 316 valence electrons. The molecule has 13 rings (SSSR count). The number of benzene rings is 8. The fourth-order valence-corrected chi connectivity index (χ4v) is 12.5. The van der Waals surface area contributed by atoms with Gasteiger partial charge in [0.15, 0.2) is 0 Å². The van der Waals surface area contributed by atoms with Crippen LogP contribution in [-0.2, 0) is 16.4 Å². The second kappa shape index (κ2) is 14.2. The summed E-state index contributed by atoms with van der Waals surface area (Å²) in [6.07, 6.45) is 1.71. The highest BCUT2D eigenvalue weighted by Gasteiger charge is 2.48. The molecule has 8 aromatic carbocycles. The topological polar surface area (TPSA) is 44.6 Å². The maximum absolute atomic E-state index is 5.52. The second-order valence-electron chi connectivity index (χ2n) is 18.8. The average molecular weight is 868 g/mol. The lowest BCUT2D eigenvalue weighted by Crippen LogP contribution is -2.44. The van der Waals surface area contributed by atoms with Crippen LogP contribution in [-0.4, -0.2) is 15.8 Å². The van der Waals surface area contributed by atoms with E-state index in [1.54, 1.807) is 6.33 Å². The van der Waals surface area contributed by atoms with Crippen LogP contribution in [0, 0.1) is 0 Å². The SMILES string of the molecule is CC1(C)N=C(c2ccc(N(c3ccc4c(c3)C(c3ccccc3)(c3ccccc3)c3ccccc3-4)c3ccc4c(c3)sc3ccccc34)cc2)N2c3ccccc3C(C)(C)c3ncnc1c32. The smallest absolute Gasteiger partial charge is 0.141 e. The van der Waals surface area contributed by atoms with Gasteiger partial charge in [0, 0.05) is 48.2 Å². The van der Waals surface area contributed by atoms with E-state index in [2.05, 4.69) is 232 Å². The standard InChI is InChI=1S/C60H45N5S/c1-58(2)49-24-14-15-25-51(49)65-54-55(58)61-37-62-56(54)59(3,4)63-57(65)38-27-29-41(30-28-38)64(43-32-34-47-46-22-12-16-26-52(46)66-53(47)36-43)42-31-33-45-44-21-11-13-23-48(44)60(50(45)35-42,39-17-7-5-8-18-39)40-19-9-6-10-20-40/h5-37H,1-4H3. The molecule has 0 fully saturated rings. The minimum atomic E-state index is -0.572. The Morgan fingerprint density at radius 2 is 1.08 bits per heavy atom. The number of para-hydroxylation sites is 1. The van der Waals surface area contributed by atoms with Gasteiger partial charge in [-0.05, 0) is 127 Å². The number of rotatable bonds is 6. The van der Waals surface area contributed by atoms with E-state index in [-0.39, 0.29) is 5.41 Å². The van der Waals surface area contributed by atoms with Crippen molar-refractivity contribution in [3.63, 3.8) is 0 Å². The zero-order valence-electron chi connectivity index (χ0n) is 37.2. The lowest BCUT2D eigenvalue weighted by Gasteiger charge is -2.46. The molecule has 4 heterocycles. The summed E-state index contributed by atoms with van der Waals surface area (Å²) in [6.45, 7) is 8.87. The summed E-state index contributed by atoms with van der Waals surface area (Å²) < 4.78 is 2.55. The lowest BCUT2D eigenvalue weighted by molar-refractivity contribution is 0.516. The summed E-state index contributed by atoms with van der Waals surface area (Å²) >= 11 is 1.85. The molecule has 66 heavy (non-hydrogen) atoms. The summed E-state index contributed by atoms with van der Waals surface area (Å²) in [5, 5.41) is 2.57. The van der Waals surface area contributed by atoms with Crippen molar-refractivity contribution in [2.75, 3.05) is 9.80 Å². The first-order valence-corrected chi connectivity index (χ1v) is 23.6. The highest BCUT2D eigenvalue weighted by Crippen LogP contribution is 2.58. The van der Waals surface area contributed by atoms with E-state index < -0.39 is 11.0 Å². The van der Waals surface area contributed by atoms with E-state index in [1.807, 2.05) is 11.3 Å². The predicted octanol–water partition coefficient (Wildman–Crippen LogP) is 15.2. The first-order valence-electron chi connectivity index (χ1n) is 22.8. The van der Waals surface area contributed by atoms with Crippen molar-refractivity contribution in [3.8, 4) is 11.1 Å². The number of fused-ring (bicyclic) bond motifs is 8. The molecule has 10 aromatic rings. The number of anilines is 5. The largest absolute Gasteiger partial charge is 0.310 e. The molecule has 3 aliphatic rings. The second-order valence-corrected chi connectivity index (χ2v) is 19.9. The molecule has 0 spiro atoms. The van der Waals surface area contributed by atoms with Crippen LogP contribution in [0.3, 0.4) is 0 Å². The Bertz CT molecular complexity index is 3570. The van der Waals surface area contributed by atoms with Crippen LogP contribution < -0.4 is 9.80 Å². The quantitative estimate of drug-likeness (QED) is 0.167. The summed E-state index contributed by atoms with van der Waals surface area (Å²) in [4.78, 5) is 20.1. The summed E-state index contributed by atoms with van der Waals surface area (Å²) in [6, 6.07) is 71.6. The van der Waals surface area contributed by atoms with Crippen LogP contribution in [0.15, 0.2) is 205 Å². The predicted molar refractivity (Wildman–Crippen MR) is 274 cm³/mol. The van der Waals surface area contributed by atoms with Gasteiger partial charge in [0.05, 0.1) is 28.2 Å². The lowest BCUT2D eigenvalue weighted by atomic mass is 9.67. The monoisotopic (exact) mass is 867 g/mol. The Balaban J connectivity index is 1.01. The molecular weight excluding hydrogens is 823 g/mol. The van der Waals surface area contributed by atoms with Gasteiger partial charge < -0.3 is 4.90 Å². The Hall–Kier alpha value is -7.67. The Morgan fingerprint density at radius 3 is 1.85 bits per heavy atom. The Morgan fingerprint density at radius 1 is 0.485 bits per heavy atom. The fourth-order valence-electron chi connectivity index (χ4n) is 11.4. The molecule has 1 aliphatic carbocycles. The molecule has 5 nitrogen and oxygen atoms in total. The van der Waals surface area contributed by atoms with Gasteiger partial charge in [-0.3, -0.25) is 9.89 Å². The minimum absolute atomic E-state index is 0.311. The van der Waals surface area contributed by atoms with Gasteiger partial charge >= 0.3 is 0 Å². The molecule has 0 saturated carbocycles. The van der Waals surface area contributed by atoms with Crippen molar-refractivity contribution >= 4 is 65.8 Å². The molecule has 2 aromatic heterocycles. The van der Waals surface area contributed by atoms with Crippen LogP contribution in [0.25, 0.3) is 31.3 Å². The molecule has 0 atom stereocenters. The van der Waals surface area contributed by atoms with Gasteiger partial charge in [-0.1, -0.05) is 133 Å². The summed E-state index contributed by atoms with van der Waals surface area (Å²) in [5.41, 5.74) is 15.8. The highest BCUT2D eigenvalue weighted by molar-refractivity contribution is 7.25. The van der Waals surface area contributed by atoms with E-state index in [4.69, 9.17) is 15.0 Å². The van der Waals surface area contributed by atoms with Gasteiger partial charge in [-0.15, -0.1) is 11.3 Å². The number of hydrogen-bond acceptors (Lipinski definition) is 6. The number of aliphatic imine (C=N–C) groups is 1. The van der Waals surface area contributed by atoms with Crippen LogP contribution in [0.5, 0.6) is 0 Å². The number of aromatic nitrogens is 2. The zero-order valence-corrected chi connectivity index (χ0v) is 38.0. The van der Waals surface area contributed by atoms with Crippen molar-refractivity contribution in [3.05, 3.63) is 245 Å². The third-order valence-corrected chi connectivity index (χ3v) is 15.5. The van der Waals surface area contributed by atoms with Crippen molar-refractivity contribution in [1.82, 2.24) is 9.97 Å². The van der Waals surface area contributed by atoms with E-state index in [9.17, 15) is 0 Å². The van der Waals surface area contributed by atoms with Crippen molar-refractivity contribution in [2.24, 2.45) is 4.99 Å². The number of amidine groups is 1.